The van der Waals surface area contributed by atoms with Gasteiger partial charge < -0.3 is 15.5 Å². The second-order valence-electron chi connectivity index (χ2n) is 7.11. The van der Waals surface area contributed by atoms with Crippen molar-refractivity contribution in [1.82, 2.24) is 10.6 Å². The minimum Gasteiger partial charge on any atom is -0.336 e. The molecule has 3 amide bonds. The number of hydrogen-bond donors (Lipinski definition) is 2. The largest absolute Gasteiger partial charge is 0.336 e. The van der Waals surface area contributed by atoms with Gasteiger partial charge in [0.1, 0.15) is 0 Å². The van der Waals surface area contributed by atoms with Crippen LogP contribution < -0.4 is 15.5 Å². The minimum absolute atomic E-state index is 0.0221. The van der Waals surface area contributed by atoms with Gasteiger partial charge in [0, 0.05) is 31.7 Å². The molecular formula is C18H27N3O2. The Morgan fingerprint density at radius 1 is 1.22 bits per heavy atom. The Bertz CT molecular complexity index is 574. The second kappa shape index (κ2) is 7.02. The highest BCUT2D eigenvalue weighted by atomic mass is 16.2. The number of urea groups is 1. The van der Waals surface area contributed by atoms with E-state index in [-0.39, 0.29) is 17.4 Å². The van der Waals surface area contributed by atoms with Gasteiger partial charge in [0.15, 0.2) is 0 Å². The lowest BCUT2D eigenvalue weighted by molar-refractivity contribution is -0.116. The number of amides is 3. The van der Waals surface area contributed by atoms with Crippen molar-refractivity contribution in [2.75, 3.05) is 18.0 Å². The van der Waals surface area contributed by atoms with Crippen molar-refractivity contribution < 1.29 is 9.59 Å². The first-order valence-corrected chi connectivity index (χ1v) is 8.21. The molecule has 0 atom stereocenters. The summed E-state index contributed by atoms with van der Waals surface area (Å²) in [4.78, 5) is 25.5. The fourth-order valence-electron chi connectivity index (χ4n) is 2.54. The van der Waals surface area contributed by atoms with Gasteiger partial charge in [0.05, 0.1) is 0 Å². The molecule has 1 fully saturated rings. The predicted octanol–water partition coefficient (Wildman–Crippen LogP) is 2.80. The number of para-hydroxylation sites is 1. The molecule has 1 aliphatic carbocycles. The third-order valence-corrected chi connectivity index (χ3v) is 3.92. The molecule has 1 aromatic rings. The highest BCUT2D eigenvalue weighted by Gasteiger charge is 2.24. The second-order valence-corrected chi connectivity index (χ2v) is 7.11. The van der Waals surface area contributed by atoms with Crippen LogP contribution in [0.5, 0.6) is 0 Å². The van der Waals surface area contributed by atoms with E-state index < -0.39 is 0 Å². The number of anilines is 1. The number of hydrogen-bond acceptors (Lipinski definition) is 2. The SMILES string of the molecule is CC(=O)N(CCNC(=O)NC1CC1)c1ccccc1C(C)(C)C. The van der Waals surface area contributed by atoms with Crippen LogP contribution in [0, 0.1) is 0 Å². The monoisotopic (exact) mass is 317 g/mol. The molecule has 0 saturated heterocycles. The summed E-state index contributed by atoms with van der Waals surface area (Å²) in [6, 6.07) is 8.13. The molecule has 23 heavy (non-hydrogen) atoms. The summed E-state index contributed by atoms with van der Waals surface area (Å²) in [6.45, 7) is 8.84. The smallest absolute Gasteiger partial charge is 0.315 e. The van der Waals surface area contributed by atoms with Crippen molar-refractivity contribution in [1.29, 1.82) is 0 Å². The van der Waals surface area contributed by atoms with Crippen molar-refractivity contribution >= 4 is 17.6 Å². The maximum Gasteiger partial charge on any atom is 0.315 e. The first-order valence-electron chi connectivity index (χ1n) is 8.21. The quantitative estimate of drug-likeness (QED) is 0.877. The van der Waals surface area contributed by atoms with Gasteiger partial charge in [0.25, 0.3) is 0 Å². The van der Waals surface area contributed by atoms with E-state index in [1.54, 1.807) is 11.8 Å². The van der Waals surface area contributed by atoms with E-state index in [2.05, 4.69) is 37.5 Å². The molecule has 0 radical (unpaired) electrons. The standard InChI is InChI=1S/C18H27N3O2/c1-13(22)21(12-11-19-17(23)20-14-9-10-14)16-8-6-5-7-15(16)18(2,3)4/h5-8,14H,9-12H2,1-4H3,(H2,19,20,23). The zero-order valence-corrected chi connectivity index (χ0v) is 14.5. The molecule has 126 valence electrons. The molecule has 0 unspecified atom stereocenters. The Morgan fingerprint density at radius 3 is 2.43 bits per heavy atom. The average molecular weight is 317 g/mol. The lowest BCUT2D eigenvalue weighted by Gasteiger charge is -2.29. The summed E-state index contributed by atoms with van der Waals surface area (Å²) in [6.07, 6.45) is 2.12. The molecule has 0 aromatic heterocycles. The zero-order valence-electron chi connectivity index (χ0n) is 14.5. The number of nitrogens with zero attached hydrogens (tertiary/aromatic N) is 1. The number of carbonyl (C=O) groups is 2. The Kier molecular flexibility index (Phi) is 5.29. The third kappa shape index (κ3) is 4.98. The van der Waals surface area contributed by atoms with Gasteiger partial charge in [-0.25, -0.2) is 4.79 Å². The fraction of sp³-hybridized carbons (Fsp3) is 0.556. The molecule has 0 heterocycles. The summed E-state index contributed by atoms with van der Waals surface area (Å²) in [7, 11) is 0. The van der Waals surface area contributed by atoms with Gasteiger partial charge in [-0.05, 0) is 29.9 Å². The van der Waals surface area contributed by atoms with Gasteiger partial charge in [-0.3, -0.25) is 4.79 Å². The summed E-state index contributed by atoms with van der Waals surface area (Å²) in [5.74, 6) is -0.0221. The van der Waals surface area contributed by atoms with E-state index in [1.165, 1.54) is 0 Å². The van der Waals surface area contributed by atoms with Crippen LogP contribution in [0.2, 0.25) is 0 Å². The number of benzene rings is 1. The maximum atomic E-state index is 12.1. The molecular weight excluding hydrogens is 290 g/mol. The van der Waals surface area contributed by atoms with E-state index >= 15 is 0 Å². The van der Waals surface area contributed by atoms with Crippen LogP contribution in [-0.4, -0.2) is 31.1 Å². The molecule has 2 N–H and O–H groups in total. The van der Waals surface area contributed by atoms with Crippen molar-refractivity contribution in [2.45, 2.75) is 52.0 Å². The third-order valence-electron chi connectivity index (χ3n) is 3.92. The van der Waals surface area contributed by atoms with Crippen LogP contribution in [0.4, 0.5) is 10.5 Å². The maximum absolute atomic E-state index is 12.1. The van der Waals surface area contributed by atoms with Gasteiger partial charge >= 0.3 is 6.03 Å². The van der Waals surface area contributed by atoms with Crippen LogP contribution >= 0.6 is 0 Å². The summed E-state index contributed by atoms with van der Waals surface area (Å²) in [5, 5.41) is 5.70. The Morgan fingerprint density at radius 2 is 1.87 bits per heavy atom. The van der Waals surface area contributed by atoms with Crippen molar-refractivity contribution in [3.05, 3.63) is 29.8 Å². The Balaban J connectivity index is 2.03. The first kappa shape index (κ1) is 17.3. The van der Waals surface area contributed by atoms with E-state index in [0.29, 0.717) is 19.1 Å². The molecule has 1 aliphatic rings. The fourth-order valence-corrected chi connectivity index (χ4v) is 2.54. The lowest BCUT2D eigenvalue weighted by Crippen LogP contribution is -2.42. The molecule has 0 spiro atoms. The number of rotatable bonds is 5. The molecule has 2 rings (SSSR count). The Hall–Kier alpha value is -2.04. The summed E-state index contributed by atoms with van der Waals surface area (Å²) >= 11 is 0. The average Bonchev–Trinajstić information content (AvgIpc) is 3.26. The van der Waals surface area contributed by atoms with Gasteiger partial charge in [-0.2, -0.15) is 0 Å². The molecule has 5 heteroatoms. The minimum atomic E-state index is -0.153. The topological polar surface area (TPSA) is 61.4 Å². The molecule has 0 aliphatic heterocycles. The highest BCUT2D eigenvalue weighted by Crippen LogP contribution is 2.31. The van der Waals surface area contributed by atoms with Crippen molar-refractivity contribution in [3.63, 3.8) is 0 Å². The first-order chi connectivity index (χ1) is 10.8. The normalized spacial score (nSPS) is 14.3. The lowest BCUT2D eigenvalue weighted by atomic mass is 9.85. The van der Waals surface area contributed by atoms with Crippen LogP contribution in [0.1, 0.15) is 46.1 Å². The van der Waals surface area contributed by atoms with Crippen LogP contribution in [0.15, 0.2) is 24.3 Å². The van der Waals surface area contributed by atoms with Crippen molar-refractivity contribution in [3.8, 4) is 0 Å². The zero-order chi connectivity index (χ0) is 17.0. The van der Waals surface area contributed by atoms with E-state index in [0.717, 1.165) is 24.1 Å². The van der Waals surface area contributed by atoms with Gasteiger partial charge in [-0.15, -0.1) is 0 Å². The summed E-state index contributed by atoms with van der Waals surface area (Å²) in [5.41, 5.74) is 1.98. The Labute approximate surface area is 138 Å². The van der Waals surface area contributed by atoms with Crippen molar-refractivity contribution in [2.24, 2.45) is 0 Å². The van der Waals surface area contributed by atoms with Gasteiger partial charge in [0.2, 0.25) is 5.91 Å². The van der Waals surface area contributed by atoms with E-state index in [1.807, 2.05) is 18.2 Å². The molecule has 1 aromatic carbocycles. The molecule has 1 saturated carbocycles. The van der Waals surface area contributed by atoms with E-state index in [9.17, 15) is 9.59 Å². The highest BCUT2D eigenvalue weighted by molar-refractivity contribution is 5.92. The van der Waals surface area contributed by atoms with Gasteiger partial charge in [-0.1, -0.05) is 39.0 Å². The number of nitrogens with one attached hydrogen (secondary N) is 2. The number of carbonyl (C=O) groups excluding carboxylic acids is 2. The predicted molar refractivity (Wildman–Crippen MR) is 92.7 cm³/mol. The van der Waals surface area contributed by atoms with E-state index in [4.69, 9.17) is 0 Å². The van der Waals surface area contributed by atoms with Crippen LogP contribution in [-0.2, 0) is 10.2 Å². The molecule has 0 bridgehead atoms. The molecule has 5 nitrogen and oxygen atoms in total. The van der Waals surface area contributed by atoms with Crippen LogP contribution in [0.3, 0.4) is 0 Å². The van der Waals surface area contributed by atoms with Crippen LogP contribution in [0.25, 0.3) is 0 Å². The summed E-state index contributed by atoms with van der Waals surface area (Å²) < 4.78 is 0.